The first-order chi connectivity index (χ1) is 10.9. The van der Waals surface area contributed by atoms with Crippen LogP contribution in [0.15, 0.2) is 0 Å². The summed E-state index contributed by atoms with van der Waals surface area (Å²) in [7, 11) is 3.22. The van der Waals surface area contributed by atoms with E-state index in [2.05, 4.69) is 0 Å². The number of piperazine rings is 1. The van der Waals surface area contributed by atoms with Crippen molar-refractivity contribution in [3.8, 4) is 0 Å². The maximum absolute atomic E-state index is 12.6. The predicted molar refractivity (Wildman–Crippen MR) is 79.0 cm³/mol. The Kier molecular flexibility index (Phi) is 4.05. The number of fused-ring (bicyclic) bond motifs is 1. The molecule has 0 aromatic rings. The summed E-state index contributed by atoms with van der Waals surface area (Å²) in [6.45, 7) is 2.25. The fraction of sp³-hybridized carbons (Fsp3) is 0.786. The number of amides is 3. The minimum Gasteiger partial charge on any atom is -0.468 e. The molecule has 0 aliphatic carbocycles. The number of carbonyl (C=O) groups is 3. The summed E-state index contributed by atoms with van der Waals surface area (Å²) in [6.07, 6.45) is -0.389. The SMILES string of the molecule is COC(=O)[C@H]1C[C@H](N2CC3CN(C(=O)O)CCN3C2=O)CN1C. The number of likely N-dealkylation sites (N-methyl/N-ethyl adjacent to an activating group) is 1. The Morgan fingerprint density at radius 3 is 2.52 bits per heavy atom. The van der Waals surface area contributed by atoms with Crippen LogP contribution in [0, 0.1) is 0 Å². The van der Waals surface area contributed by atoms with Crippen LogP contribution in [0.25, 0.3) is 0 Å². The lowest BCUT2D eigenvalue weighted by molar-refractivity contribution is -0.145. The number of urea groups is 1. The predicted octanol–water partition coefficient (Wildman–Crippen LogP) is -0.668. The molecule has 0 bridgehead atoms. The van der Waals surface area contributed by atoms with Gasteiger partial charge in [0.05, 0.1) is 13.2 Å². The molecule has 0 radical (unpaired) electrons. The zero-order chi connectivity index (χ0) is 16.7. The van der Waals surface area contributed by atoms with Gasteiger partial charge in [0.15, 0.2) is 0 Å². The third kappa shape index (κ3) is 2.69. The highest BCUT2D eigenvalue weighted by atomic mass is 16.5. The Balaban J connectivity index is 1.67. The smallest absolute Gasteiger partial charge is 0.407 e. The number of carbonyl (C=O) groups excluding carboxylic acids is 2. The van der Waals surface area contributed by atoms with Crippen molar-refractivity contribution in [1.29, 1.82) is 0 Å². The maximum atomic E-state index is 12.6. The molecule has 1 N–H and O–H groups in total. The van der Waals surface area contributed by atoms with Gasteiger partial charge in [-0.15, -0.1) is 0 Å². The van der Waals surface area contributed by atoms with E-state index in [-0.39, 0.29) is 30.1 Å². The van der Waals surface area contributed by atoms with Crippen LogP contribution in [0.2, 0.25) is 0 Å². The monoisotopic (exact) mass is 326 g/mol. The van der Waals surface area contributed by atoms with Crippen LogP contribution in [0.4, 0.5) is 9.59 Å². The molecule has 1 unspecified atom stereocenters. The van der Waals surface area contributed by atoms with E-state index in [1.165, 1.54) is 12.0 Å². The van der Waals surface area contributed by atoms with Crippen LogP contribution in [0.1, 0.15) is 6.42 Å². The third-order valence-electron chi connectivity index (χ3n) is 5.09. The lowest BCUT2D eigenvalue weighted by Crippen LogP contribution is -2.53. The molecule has 3 rings (SSSR count). The van der Waals surface area contributed by atoms with Crippen molar-refractivity contribution >= 4 is 18.1 Å². The van der Waals surface area contributed by atoms with Crippen molar-refractivity contribution in [2.45, 2.75) is 24.5 Å². The number of ether oxygens (including phenoxy) is 1. The molecule has 3 fully saturated rings. The summed E-state index contributed by atoms with van der Waals surface area (Å²) in [5.74, 6) is -0.281. The van der Waals surface area contributed by atoms with Crippen LogP contribution >= 0.6 is 0 Å². The lowest BCUT2D eigenvalue weighted by Gasteiger charge is -2.34. The number of nitrogens with zero attached hydrogens (tertiary/aromatic N) is 4. The minimum atomic E-state index is -0.943. The number of likely N-dealkylation sites (tertiary alicyclic amines) is 1. The Hall–Kier alpha value is -2.03. The van der Waals surface area contributed by atoms with Gasteiger partial charge < -0.3 is 24.5 Å². The average molecular weight is 326 g/mol. The minimum absolute atomic E-state index is 0.0412. The van der Waals surface area contributed by atoms with E-state index in [0.29, 0.717) is 39.1 Å². The molecule has 9 nitrogen and oxygen atoms in total. The van der Waals surface area contributed by atoms with Gasteiger partial charge in [0.25, 0.3) is 0 Å². The first-order valence-electron chi connectivity index (χ1n) is 7.75. The summed E-state index contributed by atoms with van der Waals surface area (Å²) in [6, 6.07) is -0.523. The van der Waals surface area contributed by atoms with Crippen LogP contribution < -0.4 is 0 Å². The van der Waals surface area contributed by atoms with Gasteiger partial charge in [0, 0.05) is 38.8 Å². The molecule has 0 saturated carbocycles. The first kappa shape index (κ1) is 15.9. The highest BCUT2D eigenvalue weighted by Crippen LogP contribution is 2.28. The molecule has 3 aliphatic rings. The quantitative estimate of drug-likeness (QED) is 0.677. The van der Waals surface area contributed by atoms with Crippen molar-refractivity contribution in [3.63, 3.8) is 0 Å². The highest BCUT2D eigenvalue weighted by Gasteiger charge is 2.47. The summed E-state index contributed by atoms with van der Waals surface area (Å²) in [4.78, 5) is 42.3. The van der Waals surface area contributed by atoms with Gasteiger partial charge >= 0.3 is 18.1 Å². The second-order valence-electron chi connectivity index (χ2n) is 6.38. The molecular weight excluding hydrogens is 304 g/mol. The molecule has 0 aromatic heterocycles. The molecule has 9 heteroatoms. The zero-order valence-electron chi connectivity index (χ0n) is 13.3. The van der Waals surface area contributed by atoms with Gasteiger partial charge in [-0.3, -0.25) is 9.69 Å². The Labute approximate surface area is 134 Å². The molecule has 3 aliphatic heterocycles. The number of hydrogen-bond acceptors (Lipinski definition) is 5. The second kappa shape index (κ2) is 5.88. The average Bonchev–Trinajstić information content (AvgIpc) is 3.07. The van der Waals surface area contributed by atoms with Crippen molar-refractivity contribution < 1.29 is 24.2 Å². The number of hydrogen-bond donors (Lipinski definition) is 1. The normalized spacial score (nSPS) is 31.5. The Morgan fingerprint density at radius 2 is 1.87 bits per heavy atom. The summed E-state index contributed by atoms with van der Waals surface area (Å²) < 4.78 is 4.81. The van der Waals surface area contributed by atoms with Crippen LogP contribution in [-0.4, -0.2) is 108 Å². The standard InChI is InChI=1S/C14H22N4O5/c1-15-6-9(5-11(15)12(19)23-2)18-8-10-7-16(14(21)22)3-4-17(10)13(18)20/h9-11H,3-8H2,1-2H3,(H,21,22)/t9-,10?,11+/m0/s1. The third-order valence-corrected chi connectivity index (χ3v) is 5.09. The van der Waals surface area contributed by atoms with Gasteiger partial charge in [0.1, 0.15) is 6.04 Å². The molecular formula is C14H22N4O5. The largest absolute Gasteiger partial charge is 0.468 e. The Bertz CT molecular complexity index is 527. The van der Waals surface area contributed by atoms with E-state index in [4.69, 9.17) is 9.84 Å². The first-order valence-corrected chi connectivity index (χ1v) is 7.75. The van der Waals surface area contributed by atoms with Crippen molar-refractivity contribution in [3.05, 3.63) is 0 Å². The molecule has 0 aromatic carbocycles. The molecule has 3 atom stereocenters. The summed E-state index contributed by atoms with van der Waals surface area (Å²) >= 11 is 0. The van der Waals surface area contributed by atoms with Gasteiger partial charge in [0.2, 0.25) is 0 Å². The van der Waals surface area contributed by atoms with Gasteiger partial charge in [-0.2, -0.15) is 0 Å². The maximum Gasteiger partial charge on any atom is 0.407 e. The number of carboxylic acid groups (broad SMARTS) is 1. The van der Waals surface area contributed by atoms with Gasteiger partial charge in [-0.25, -0.2) is 9.59 Å². The van der Waals surface area contributed by atoms with E-state index < -0.39 is 6.09 Å². The van der Waals surface area contributed by atoms with E-state index >= 15 is 0 Å². The highest BCUT2D eigenvalue weighted by molar-refractivity contribution is 5.79. The number of methoxy groups -OCH3 is 1. The van der Waals surface area contributed by atoms with Gasteiger partial charge in [-0.05, 0) is 13.5 Å². The Morgan fingerprint density at radius 1 is 1.13 bits per heavy atom. The summed E-state index contributed by atoms with van der Waals surface area (Å²) in [5, 5.41) is 9.11. The summed E-state index contributed by atoms with van der Waals surface area (Å²) in [5.41, 5.74) is 0. The van der Waals surface area contributed by atoms with Crippen LogP contribution in [0.5, 0.6) is 0 Å². The van der Waals surface area contributed by atoms with E-state index in [1.807, 2.05) is 11.9 Å². The number of rotatable bonds is 2. The van der Waals surface area contributed by atoms with E-state index in [9.17, 15) is 14.4 Å². The van der Waals surface area contributed by atoms with E-state index in [0.717, 1.165) is 0 Å². The molecule has 23 heavy (non-hydrogen) atoms. The molecule has 3 heterocycles. The lowest BCUT2D eigenvalue weighted by atomic mass is 10.1. The molecule has 0 spiro atoms. The van der Waals surface area contributed by atoms with Gasteiger partial charge in [-0.1, -0.05) is 0 Å². The fourth-order valence-electron chi connectivity index (χ4n) is 3.82. The molecule has 3 amide bonds. The molecule has 3 saturated heterocycles. The van der Waals surface area contributed by atoms with Crippen molar-refractivity contribution in [1.82, 2.24) is 19.6 Å². The molecule has 128 valence electrons. The topological polar surface area (TPSA) is 93.6 Å². The van der Waals surface area contributed by atoms with E-state index in [1.54, 1.807) is 9.80 Å². The number of esters is 1. The van der Waals surface area contributed by atoms with Crippen LogP contribution in [0.3, 0.4) is 0 Å². The zero-order valence-corrected chi connectivity index (χ0v) is 13.3. The van der Waals surface area contributed by atoms with Crippen molar-refractivity contribution in [2.75, 3.05) is 46.9 Å². The second-order valence-corrected chi connectivity index (χ2v) is 6.38. The van der Waals surface area contributed by atoms with Crippen molar-refractivity contribution in [2.24, 2.45) is 0 Å². The van der Waals surface area contributed by atoms with Crippen LogP contribution in [-0.2, 0) is 9.53 Å². The fourth-order valence-corrected chi connectivity index (χ4v) is 3.82.